The Morgan fingerprint density at radius 3 is 2.43 bits per heavy atom. The molecular weight excluding hydrogens is 494 g/mol. The van der Waals surface area contributed by atoms with Crippen LogP contribution < -0.4 is 4.74 Å². The van der Waals surface area contributed by atoms with Gasteiger partial charge in [0.15, 0.2) is 5.89 Å². The normalized spacial score (nSPS) is 20.6. The first kappa shape index (κ1) is 25.1. The van der Waals surface area contributed by atoms with E-state index in [1.165, 1.54) is 30.5 Å². The number of hydrogen-bond acceptors (Lipinski definition) is 5. The van der Waals surface area contributed by atoms with Crippen LogP contribution in [0.3, 0.4) is 0 Å². The summed E-state index contributed by atoms with van der Waals surface area (Å²) in [6.45, 7) is 2.65. The Bertz CT molecular complexity index is 1230. The van der Waals surface area contributed by atoms with E-state index in [4.69, 9.17) is 9.15 Å². The zero-order valence-electron chi connectivity index (χ0n) is 19.8. The summed E-state index contributed by atoms with van der Waals surface area (Å²) in [6, 6.07) is 11.6. The monoisotopic (exact) mass is 519 g/mol. The van der Waals surface area contributed by atoms with Gasteiger partial charge >= 0.3 is 12.4 Å². The van der Waals surface area contributed by atoms with Crippen LogP contribution in [0.4, 0.5) is 22.4 Å². The van der Waals surface area contributed by atoms with E-state index in [2.05, 4.69) is 9.72 Å². The van der Waals surface area contributed by atoms with Gasteiger partial charge in [-0.2, -0.15) is 0 Å². The third-order valence-corrected chi connectivity index (χ3v) is 6.58. The van der Waals surface area contributed by atoms with Crippen molar-refractivity contribution >= 4 is 6.03 Å². The first-order valence-corrected chi connectivity index (χ1v) is 11.9. The highest BCUT2D eigenvalue weighted by Gasteiger charge is 2.36. The largest absolute Gasteiger partial charge is 0.573 e. The first-order chi connectivity index (χ1) is 17.7. The van der Waals surface area contributed by atoms with Crippen molar-refractivity contribution in [1.29, 1.82) is 0 Å². The van der Waals surface area contributed by atoms with Gasteiger partial charge in [-0.15, -0.1) is 13.2 Å². The number of carbonyl (C=O) groups is 1. The zero-order chi connectivity index (χ0) is 26.0. The van der Waals surface area contributed by atoms with Gasteiger partial charge in [-0.05, 0) is 36.2 Å². The highest BCUT2D eigenvalue weighted by Crippen LogP contribution is 2.37. The molecule has 0 radical (unpaired) electrons. The van der Waals surface area contributed by atoms with Crippen LogP contribution >= 0.6 is 0 Å². The number of alkyl halides is 3. The van der Waals surface area contributed by atoms with Crippen molar-refractivity contribution in [2.45, 2.75) is 24.6 Å². The third-order valence-electron chi connectivity index (χ3n) is 6.58. The average molecular weight is 519 g/mol. The van der Waals surface area contributed by atoms with Gasteiger partial charge in [-0.3, -0.25) is 0 Å². The fraction of sp³-hybridized carbons (Fsp3) is 0.385. The topological polar surface area (TPSA) is 68.0 Å². The van der Waals surface area contributed by atoms with Crippen LogP contribution in [0.25, 0.3) is 11.3 Å². The summed E-state index contributed by atoms with van der Waals surface area (Å²) in [7, 11) is 0. The van der Waals surface area contributed by atoms with E-state index >= 15 is 0 Å². The number of halogens is 4. The molecule has 7 nitrogen and oxygen atoms in total. The number of likely N-dealkylation sites (tertiary alicyclic amines) is 1. The number of benzene rings is 2. The lowest BCUT2D eigenvalue weighted by Crippen LogP contribution is -2.52. The van der Waals surface area contributed by atoms with E-state index in [1.54, 1.807) is 34.1 Å². The SMILES string of the molecule is O=C(N1CCOCC1)N1CC(c2ccc(OC(F)(F)F)cc2)CC(c2nc(-c3cccc(F)c3)co2)C1. The van der Waals surface area contributed by atoms with Crippen molar-refractivity contribution in [3.8, 4) is 17.0 Å². The molecule has 0 N–H and O–H groups in total. The van der Waals surface area contributed by atoms with Gasteiger partial charge in [0, 0.05) is 37.7 Å². The molecule has 2 fully saturated rings. The van der Waals surface area contributed by atoms with Crippen molar-refractivity contribution in [2.75, 3.05) is 39.4 Å². The second kappa shape index (κ2) is 10.4. The Kier molecular flexibility index (Phi) is 7.05. The molecule has 0 saturated carbocycles. The highest BCUT2D eigenvalue weighted by molar-refractivity contribution is 5.75. The molecule has 1 aromatic heterocycles. The third kappa shape index (κ3) is 6.04. The fourth-order valence-corrected chi connectivity index (χ4v) is 4.83. The molecule has 2 saturated heterocycles. The quantitative estimate of drug-likeness (QED) is 0.432. The second-order valence-electron chi connectivity index (χ2n) is 9.11. The summed E-state index contributed by atoms with van der Waals surface area (Å²) in [4.78, 5) is 21.4. The van der Waals surface area contributed by atoms with Gasteiger partial charge < -0.3 is 23.7 Å². The van der Waals surface area contributed by atoms with Gasteiger partial charge in [0.2, 0.25) is 0 Å². The predicted molar refractivity (Wildman–Crippen MR) is 124 cm³/mol. The maximum Gasteiger partial charge on any atom is 0.573 e. The van der Waals surface area contributed by atoms with Crippen LogP contribution in [0, 0.1) is 5.82 Å². The Hall–Kier alpha value is -3.60. The van der Waals surface area contributed by atoms with Crippen LogP contribution in [0.1, 0.15) is 29.7 Å². The Labute approximate surface area is 210 Å². The lowest BCUT2D eigenvalue weighted by molar-refractivity contribution is -0.274. The minimum Gasteiger partial charge on any atom is -0.448 e. The van der Waals surface area contributed by atoms with Crippen molar-refractivity contribution in [2.24, 2.45) is 0 Å². The highest BCUT2D eigenvalue weighted by atomic mass is 19.4. The molecule has 196 valence electrons. The summed E-state index contributed by atoms with van der Waals surface area (Å²) < 4.78 is 66.6. The lowest BCUT2D eigenvalue weighted by Gasteiger charge is -2.40. The maximum atomic E-state index is 13.7. The molecule has 2 aliphatic rings. The van der Waals surface area contributed by atoms with Crippen molar-refractivity contribution < 1.29 is 36.2 Å². The fourth-order valence-electron chi connectivity index (χ4n) is 4.83. The molecule has 0 spiro atoms. The molecule has 11 heteroatoms. The van der Waals surface area contributed by atoms with Gasteiger partial charge in [-0.25, -0.2) is 14.2 Å². The number of urea groups is 1. The molecule has 3 heterocycles. The summed E-state index contributed by atoms with van der Waals surface area (Å²) in [5.41, 5.74) is 1.83. The molecule has 2 aromatic carbocycles. The smallest absolute Gasteiger partial charge is 0.448 e. The Balaban J connectivity index is 1.40. The molecule has 37 heavy (non-hydrogen) atoms. The maximum absolute atomic E-state index is 13.7. The van der Waals surface area contributed by atoms with Gasteiger partial charge in [-0.1, -0.05) is 24.3 Å². The molecule has 5 rings (SSSR count). The van der Waals surface area contributed by atoms with Gasteiger partial charge in [0.25, 0.3) is 0 Å². The summed E-state index contributed by atoms with van der Waals surface area (Å²) >= 11 is 0. The lowest BCUT2D eigenvalue weighted by atomic mass is 9.84. The Morgan fingerprint density at radius 2 is 1.73 bits per heavy atom. The summed E-state index contributed by atoms with van der Waals surface area (Å²) in [5.74, 6) is -0.719. The van der Waals surface area contributed by atoms with Crippen LogP contribution in [-0.4, -0.2) is 66.6 Å². The zero-order valence-corrected chi connectivity index (χ0v) is 19.8. The number of rotatable bonds is 4. The van der Waals surface area contributed by atoms with Crippen molar-refractivity contribution in [3.63, 3.8) is 0 Å². The number of ether oxygens (including phenoxy) is 2. The van der Waals surface area contributed by atoms with Crippen molar-refractivity contribution in [1.82, 2.24) is 14.8 Å². The van der Waals surface area contributed by atoms with E-state index in [0.29, 0.717) is 63.0 Å². The minimum atomic E-state index is -4.77. The molecule has 0 aliphatic carbocycles. The molecule has 0 bridgehead atoms. The summed E-state index contributed by atoms with van der Waals surface area (Å²) in [5, 5.41) is 0. The average Bonchev–Trinajstić information content (AvgIpc) is 3.39. The van der Waals surface area contributed by atoms with E-state index < -0.39 is 6.36 Å². The molecule has 2 amide bonds. The molecule has 2 atom stereocenters. The minimum absolute atomic E-state index is 0.132. The Morgan fingerprint density at radius 1 is 1.00 bits per heavy atom. The number of aromatic nitrogens is 1. The van der Waals surface area contributed by atoms with Crippen LogP contribution in [0.5, 0.6) is 5.75 Å². The number of hydrogen-bond donors (Lipinski definition) is 0. The number of carbonyl (C=O) groups excluding carboxylic acids is 1. The first-order valence-electron chi connectivity index (χ1n) is 11.9. The number of amides is 2. The number of oxazole rings is 1. The number of nitrogens with zero attached hydrogens (tertiary/aromatic N) is 3. The van der Waals surface area contributed by atoms with Crippen LogP contribution in [0.2, 0.25) is 0 Å². The number of morpholine rings is 1. The van der Waals surface area contributed by atoms with Crippen LogP contribution in [0.15, 0.2) is 59.2 Å². The van der Waals surface area contributed by atoms with E-state index in [-0.39, 0.29) is 29.4 Å². The van der Waals surface area contributed by atoms with E-state index in [1.807, 2.05) is 0 Å². The second-order valence-corrected chi connectivity index (χ2v) is 9.11. The number of piperidine rings is 1. The van der Waals surface area contributed by atoms with Crippen molar-refractivity contribution in [3.05, 3.63) is 72.1 Å². The molecular formula is C26H25F4N3O4. The molecule has 3 aromatic rings. The summed E-state index contributed by atoms with van der Waals surface area (Å²) in [6.07, 6.45) is -2.75. The van der Waals surface area contributed by atoms with E-state index in [0.717, 1.165) is 5.56 Å². The van der Waals surface area contributed by atoms with Gasteiger partial charge in [0.1, 0.15) is 23.5 Å². The molecule has 2 aliphatic heterocycles. The predicted octanol–water partition coefficient (Wildman–Crippen LogP) is 5.40. The standard InChI is InChI=1S/C26H25F4N3O4/c27-21-3-1-2-18(13-21)23-16-36-24(31-23)20-12-19(17-4-6-22(7-5-17)37-26(28,29)30)14-33(15-20)25(34)32-8-10-35-11-9-32/h1-7,13,16,19-20H,8-12,14-15H2. The molecule has 2 unspecified atom stereocenters. The van der Waals surface area contributed by atoms with Gasteiger partial charge in [0.05, 0.1) is 19.1 Å². The van der Waals surface area contributed by atoms with Crippen LogP contribution in [-0.2, 0) is 4.74 Å². The van der Waals surface area contributed by atoms with E-state index in [9.17, 15) is 22.4 Å².